The number of aromatic nitrogens is 2. The fraction of sp³-hybridized carbons (Fsp3) is 0.263. The average molecular weight is 359 g/mol. The summed E-state index contributed by atoms with van der Waals surface area (Å²) < 4.78 is 13.0. The van der Waals surface area contributed by atoms with Crippen LogP contribution >= 0.6 is 11.6 Å². The zero-order valence-corrected chi connectivity index (χ0v) is 14.9. The van der Waals surface area contributed by atoms with E-state index in [-0.39, 0.29) is 19.2 Å². The second-order valence-electron chi connectivity index (χ2n) is 5.70. The summed E-state index contributed by atoms with van der Waals surface area (Å²) in [7, 11) is 0. The van der Waals surface area contributed by atoms with Gasteiger partial charge < -0.3 is 14.0 Å². The van der Waals surface area contributed by atoms with Crippen molar-refractivity contribution in [3.05, 3.63) is 65.1 Å². The highest BCUT2D eigenvalue weighted by Gasteiger charge is 2.20. The van der Waals surface area contributed by atoms with Gasteiger partial charge in [0.05, 0.1) is 22.8 Å². The highest BCUT2D eigenvalue weighted by Crippen LogP contribution is 2.28. The first-order chi connectivity index (χ1) is 12.1. The molecular formula is C19H19ClN2O3. The third-order valence-electron chi connectivity index (χ3n) is 3.87. The van der Waals surface area contributed by atoms with Gasteiger partial charge >= 0.3 is 5.97 Å². The van der Waals surface area contributed by atoms with Crippen LogP contribution in [0.15, 0.2) is 48.8 Å². The molecule has 0 bridgehead atoms. The predicted octanol–water partition coefficient (Wildman–Crippen LogP) is 4.12. The molecule has 1 atom stereocenters. The largest absolute Gasteiger partial charge is 0.463 e. The van der Waals surface area contributed by atoms with E-state index in [4.69, 9.17) is 21.1 Å². The summed E-state index contributed by atoms with van der Waals surface area (Å²) in [5.41, 5.74) is 2.74. The summed E-state index contributed by atoms with van der Waals surface area (Å²) in [4.78, 5) is 15.4. The minimum atomic E-state index is -0.437. The normalized spacial score (nSPS) is 12.3. The number of fused-ring (bicyclic) bond motifs is 1. The van der Waals surface area contributed by atoms with E-state index in [1.54, 1.807) is 6.20 Å². The van der Waals surface area contributed by atoms with E-state index >= 15 is 0 Å². The van der Waals surface area contributed by atoms with Crippen LogP contribution in [0.3, 0.4) is 0 Å². The van der Waals surface area contributed by atoms with Gasteiger partial charge in [0, 0.05) is 19.3 Å². The number of ether oxygens (including phenoxy) is 2. The van der Waals surface area contributed by atoms with Gasteiger partial charge in [-0.1, -0.05) is 29.8 Å². The van der Waals surface area contributed by atoms with Gasteiger partial charge in [-0.3, -0.25) is 9.78 Å². The molecule has 0 N–H and O–H groups in total. The Morgan fingerprint density at radius 3 is 2.84 bits per heavy atom. The van der Waals surface area contributed by atoms with Crippen molar-refractivity contribution in [2.24, 2.45) is 0 Å². The number of carbonyl (C=O) groups excluding carboxylic acids is 1. The van der Waals surface area contributed by atoms with Crippen molar-refractivity contribution in [3.63, 3.8) is 0 Å². The SMILES string of the molecule is CC(=O)OCCOC(c1ncc(Cl)cc1C)n1ccc2ccccc21. The zero-order chi connectivity index (χ0) is 17.8. The van der Waals surface area contributed by atoms with Crippen LogP contribution in [0.5, 0.6) is 0 Å². The molecule has 0 fully saturated rings. The maximum absolute atomic E-state index is 10.9. The van der Waals surface area contributed by atoms with Gasteiger partial charge in [0.15, 0.2) is 6.23 Å². The number of nitrogens with zero attached hydrogens (tertiary/aromatic N) is 2. The second-order valence-corrected chi connectivity index (χ2v) is 6.14. The molecule has 0 spiro atoms. The second kappa shape index (κ2) is 7.68. The molecular weight excluding hydrogens is 340 g/mol. The zero-order valence-electron chi connectivity index (χ0n) is 14.1. The lowest BCUT2D eigenvalue weighted by Gasteiger charge is -2.22. The molecule has 0 amide bonds. The van der Waals surface area contributed by atoms with Crippen LogP contribution in [-0.4, -0.2) is 28.7 Å². The minimum absolute atomic E-state index is 0.192. The molecule has 3 rings (SSSR count). The molecule has 0 radical (unpaired) electrons. The quantitative estimate of drug-likeness (QED) is 0.491. The summed E-state index contributed by atoms with van der Waals surface area (Å²) in [6, 6.07) is 11.9. The maximum Gasteiger partial charge on any atom is 0.302 e. The number of pyridine rings is 1. The lowest BCUT2D eigenvalue weighted by molar-refractivity contribution is -0.143. The summed E-state index contributed by atoms with van der Waals surface area (Å²) in [5.74, 6) is -0.327. The van der Waals surface area contributed by atoms with E-state index < -0.39 is 6.23 Å². The average Bonchev–Trinajstić information content (AvgIpc) is 3.00. The number of halogens is 1. The van der Waals surface area contributed by atoms with Crippen LogP contribution in [0.25, 0.3) is 10.9 Å². The van der Waals surface area contributed by atoms with Gasteiger partial charge in [-0.15, -0.1) is 0 Å². The van der Waals surface area contributed by atoms with Crippen LogP contribution in [0.1, 0.15) is 24.4 Å². The summed E-state index contributed by atoms with van der Waals surface area (Å²) in [6.07, 6.45) is 3.14. The van der Waals surface area contributed by atoms with Gasteiger partial charge in [-0.2, -0.15) is 0 Å². The van der Waals surface area contributed by atoms with Crippen molar-refractivity contribution in [1.29, 1.82) is 0 Å². The summed E-state index contributed by atoms with van der Waals surface area (Å²) in [6.45, 7) is 3.78. The van der Waals surface area contributed by atoms with Gasteiger partial charge in [0.2, 0.25) is 0 Å². The molecule has 25 heavy (non-hydrogen) atoms. The van der Waals surface area contributed by atoms with E-state index in [1.807, 2.05) is 54.1 Å². The van der Waals surface area contributed by atoms with Crippen LogP contribution in [0.2, 0.25) is 5.02 Å². The maximum atomic E-state index is 10.9. The fourth-order valence-corrected chi connectivity index (χ4v) is 2.97. The van der Waals surface area contributed by atoms with E-state index in [0.717, 1.165) is 22.2 Å². The Labute approximate surface area is 151 Å². The number of hydrogen-bond acceptors (Lipinski definition) is 4. The third-order valence-corrected chi connectivity index (χ3v) is 4.07. The van der Waals surface area contributed by atoms with Gasteiger partial charge in [-0.05, 0) is 36.1 Å². The fourth-order valence-electron chi connectivity index (χ4n) is 2.75. The number of hydrogen-bond donors (Lipinski definition) is 0. The molecule has 0 saturated heterocycles. The van der Waals surface area contributed by atoms with Gasteiger partial charge in [0.25, 0.3) is 0 Å². The molecule has 130 valence electrons. The molecule has 0 saturated carbocycles. The van der Waals surface area contributed by atoms with Crippen LogP contribution in [0.4, 0.5) is 0 Å². The van der Waals surface area contributed by atoms with Crippen molar-refractivity contribution in [3.8, 4) is 0 Å². The Hall–Kier alpha value is -2.37. The first-order valence-electron chi connectivity index (χ1n) is 7.99. The monoisotopic (exact) mass is 358 g/mol. The van der Waals surface area contributed by atoms with E-state index in [0.29, 0.717) is 5.02 Å². The highest BCUT2D eigenvalue weighted by atomic mass is 35.5. The van der Waals surface area contributed by atoms with Crippen molar-refractivity contribution in [1.82, 2.24) is 9.55 Å². The molecule has 1 aromatic carbocycles. The minimum Gasteiger partial charge on any atom is -0.463 e. The van der Waals surface area contributed by atoms with Crippen molar-refractivity contribution in [2.45, 2.75) is 20.1 Å². The van der Waals surface area contributed by atoms with E-state index in [2.05, 4.69) is 4.98 Å². The lowest BCUT2D eigenvalue weighted by Crippen LogP contribution is -2.19. The molecule has 0 aliphatic heterocycles. The van der Waals surface area contributed by atoms with Crippen LogP contribution in [0, 0.1) is 6.92 Å². The first-order valence-corrected chi connectivity index (χ1v) is 8.36. The third kappa shape index (κ3) is 4.00. The van der Waals surface area contributed by atoms with Crippen molar-refractivity contribution < 1.29 is 14.3 Å². The molecule has 6 heteroatoms. The Balaban J connectivity index is 1.95. The summed E-state index contributed by atoms with van der Waals surface area (Å²) in [5, 5.41) is 1.69. The van der Waals surface area contributed by atoms with Crippen molar-refractivity contribution in [2.75, 3.05) is 13.2 Å². The molecule has 0 aliphatic carbocycles. The van der Waals surface area contributed by atoms with Gasteiger partial charge in [-0.25, -0.2) is 0 Å². The van der Waals surface area contributed by atoms with E-state index in [9.17, 15) is 4.79 Å². The molecule has 1 unspecified atom stereocenters. The molecule has 2 heterocycles. The summed E-state index contributed by atoms with van der Waals surface area (Å²) >= 11 is 6.04. The molecule has 0 aliphatic rings. The van der Waals surface area contributed by atoms with Gasteiger partial charge in [0.1, 0.15) is 6.61 Å². The Bertz CT molecular complexity index is 891. The van der Waals surface area contributed by atoms with Crippen LogP contribution in [-0.2, 0) is 14.3 Å². The number of para-hydroxylation sites is 1. The molecule has 3 aromatic rings. The Morgan fingerprint density at radius 1 is 1.28 bits per heavy atom. The molecule has 2 aromatic heterocycles. The number of esters is 1. The Morgan fingerprint density at radius 2 is 2.08 bits per heavy atom. The topological polar surface area (TPSA) is 53.4 Å². The predicted molar refractivity (Wildman–Crippen MR) is 96.6 cm³/mol. The number of rotatable bonds is 6. The Kier molecular flexibility index (Phi) is 5.36. The number of carbonyl (C=O) groups is 1. The lowest BCUT2D eigenvalue weighted by atomic mass is 10.2. The first kappa shape index (κ1) is 17.5. The highest BCUT2D eigenvalue weighted by molar-refractivity contribution is 6.30. The van der Waals surface area contributed by atoms with Crippen molar-refractivity contribution >= 4 is 28.5 Å². The molecule has 5 nitrogen and oxygen atoms in total. The number of aryl methyl sites for hydroxylation is 1. The van der Waals surface area contributed by atoms with E-state index in [1.165, 1.54) is 6.92 Å². The van der Waals surface area contributed by atoms with Crippen LogP contribution < -0.4 is 0 Å². The smallest absolute Gasteiger partial charge is 0.302 e. The number of benzene rings is 1. The standard InChI is InChI=1S/C19H19ClN2O3/c1-13-11-16(20)12-21-18(13)19(25-10-9-24-14(2)23)22-8-7-15-5-3-4-6-17(15)22/h3-8,11-12,19H,9-10H2,1-2H3.